The second-order valence-electron chi connectivity index (χ2n) is 4.45. The lowest BCUT2D eigenvalue weighted by Crippen LogP contribution is -2.21. The summed E-state index contributed by atoms with van der Waals surface area (Å²) in [6.07, 6.45) is 3.93. The summed E-state index contributed by atoms with van der Waals surface area (Å²) in [5, 5.41) is 4.43. The first-order chi connectivity index (χ1) is 6.25. The van der Waals surface area contributed by atoms with E-state index in [0.29, 0.717) is 6.04 Å². The molecule has 2 fully saturated rings. The van der Waals surface area contributed by atoms with Crippen molar-refractivity contribution in [2.45, 2.75) is 32.2 Å². The molecule has 0 aromatic rings. The minimum Gasteiger partial charge on any atom is -0.310 e. The Bertz CT molecular complexity index is 196. The van der Waals surface area contributed by atoms with Crippen LogP contribution in [0, 0.1) is 5.92 Å². The van der Waals surface area contributed by atoms with Gasteiger partial charge in [0, 0.05) is 25.6 Å². The van der Waals surface area contributed by atoms with Gasteiger partial charge in [0.05, 0.1) is 5.71 Å². The van der Waals surface area contributed by atoms with Crippen LogP contribution in [0.1, 0.15) is 26.2 Å². The average molecular weight is 181 g/mol. The first-order valence-electron chi connectivity index (χ1n) is 5.24. The summed E-state index contributed by atoms with van der Waals surface area (Å²) < 4.78 is 0. The average Bonchev–Trinajstić information content (AvgIpc) is 2.82. The van der Waals surface area contributed by atoms with Crippen LogP contribution in [0.3, 0.4) is 0 Å². The van der Waals surface area contributed by atoms with Crippen molar-refractivity contribution in [2.24, 2.45) is 11.0 Å². The summed E-state index contributed by atoms with van der Waals surface area (Å²) in [6, 6.07) is 0.668. The van der Waals surface area contributed by atoms with Crippen LogP contribution in [0.15, 0.2) is 5.10 Å². The Hall–Kier alpha value is -0.570. The number of nitrogens with zero attached hydrogens (tertiary/aromatic N) is 2. The number of hydrazone groups is 1. The Morgan fingerprint density at radius 2 is 2.31 bits per heavy atom. The van der Waals surface area contributed by atoms with Crippen LogP contribution in [0.4, 0.5) is 0 Å². The van der Waals surface area contributed by atoms with Crippen LogP contribution in [0.2, 0.25) is 0 Å². The maximum atomic E-state index is 4.43. The molecular formula is C10H19N3. The molecule has 0 radical (unpaired) electrons. The lowest BCUT2D eigenvalue weighted by molar-refractivity contribution is 0.333. The van der Waals surface area contributed by atoms with Gasteiger partial charge < -0.3 is 5.43 Å². The second-order valence-corrected chi connectivity index (χ2v) is 4.45. The first kappa shape index (κ1) is 9.00. The zero-order valence-corrected chi connectivity index (χ0v) is 8.58. The quantitative estimate of drug-likeness (QED) is 0.659. The molecule has 13 heavy (non-hydrogen) atoms. The van der Waals surface area contributed by atoms with Gasteiger partial charge in [-0.05, 0) is 32.7 Å². The lowest BCUT2D eigenvalue weighted by atomic mass is 10.2. The van der Waals surface area contributed by atoms with Crippen molar-refractivity contribution in [3.63, 3.8) is 0 Å². The molecule has 2 aliphatic rings. The predicted molar refractivity (Wildman–Crippen MR) is 54.9 cm³/mol. The molecule has 0 bridgehead atoms. The van der Waals surface area contributed by atoms with E-state index in [-0.39, 0.29) is 0 Å². The highest BCUT2D eigenvalue weighted by Crippen LogP contribution is 2.27. The van der Waals surface area contributed by atoms with Crippen molar-refractivity contribution in [3.8, 4) is 0 Å². The summed E-state index contributed by atoms with van der Waals surface area (Å²) in [5.41, 5.74) is 4.51. The number of hydrogen-bond donors (Lipinski definition) is 1. The fourth-order valence-electron chi connectivity index (χ4n) is 1.69. The van der Waals surface area contributed by atoms with E-state index in [2.05, 4.69) is 29.4 Å². The largest absolute Gasteiger partial charge is 0.310 e. The molecule has 1 atom stereocenters. The van der Waals surface area contributed by atoms with Crippen LogP contribution < -0.4 is 5.43 Å². The summed E-state index contributed by atoms with van der Waals surface area (Å²) in [7, 11) is 2.16. The lowest BCUT2D eigenvalue weighted by Gasteiger charge is -2.11. The molecule has 3 nitrogen and oxygen atoms in total. The van der Waals surface area contributed by atoms with Crippen molar-refractivity contribution < 1.29 is 0 Å². The Morgan fingerprint density at radius 3 is 2.85 bits per heavy atom. The van der Waals surface area contributed by atoms with Crippen LogP contribution in [-0.2, 0) is 0 Å². The summed E-state index contributed by atoms with van der Waals surface area (Å²) in [5.74, 6) is 0.918. The van der Waals surface area contributed by atoms with Gasteiger partial charge in [0.25, 0.3) is 0 Å². The van der Waals surface area contributed by atoms with Crippen LogP contribution in [0.5, 0.6) is 0 Å². The summed E-state index contributed by atoms with van der Waals surface area (Å²) >= 11 is 0. The van der Waals surface area contributed by atoms with E-state index in [9.17, 15) is 0 Å². The third-order valence-corrected chi connectivity index (χ3v) is 3.03. The van der Waals surface area contributed by atoms with Crippen molar-refractivity contribution in [2.75, 3.05) is 20.1 Å². The van der Waals surface area contributed by atoms with Gasteiger partial charge in [0.1, 0.15) is 0 Å². The Balaban J connectivity index is 1.73. The SMILES string of the molecule is CC1C/C(=N\NCC2CC2)CN1C. The van der Waals surface area contributed by atoms with Crippen molar-refractivity contribution in [1.82, 2.24) is 10.3 Å². The number of nitrogens with one attached hydrogen (secondary N) is 1. The fourth-order valence-corrected chi connectivity index (χ4v) is 1.69. The number of likely N-dealkylation sites (tertiary alicyclic amines) is 1. The zero-order valence-electron chi connectivity index (χ0n) is 8.58. The summed E-state index contributed by atoms with van der Waals surface area (Å²) in [4.78, 5) is 2.34. The molecule has 1 aliphatic heterocycles. The zero-order chi connectivity index (χ0) is 9.26. The van der Waals surface area contributed by atoms with Gasteiger partial charge >= 0.3 is 0 Å². The normalized spacial score (nSPS) is 32.8. The van der Waals surface area contributed by atoms with Gasteiger partial charge in [-0.2, -0.15) is 5.10 Å². The van der Waals surface area contributed by atoms with Crippen molar-refractivity contribution in [3.05, 3.63) is 0 Å². The van der Waals surface area contributed by atoms with E-state index in [0.717, 1.165) is 25.4 Å². The van der Waals surface area contributed by atoms with Crippen LogP contribution in [0.25, 0.3) is 0 Å². The molecule has 0 aromatic heterocycles. The van der Waals surface area contributed by atoms with E-state index in [4.69, 9.17) is 0 Å². The topological polar surface area (TPSA) is 27.6 Å². The fraction of sp³-hybridized carbons (Fsp3) is 0.900. The van der Waals surface area contributed by atoms with Crippen molar-refractivity contribution >= 4 is 5.71 Å². The van der Waals surface area contributed by atoms with Crippen molar-refractivity contribution in [1.29, 1.82) is 0 Å². The minimum atomic E-state index is 0.668. The smallest absolute Gasteiger partial charge is 0.0533 e. The van der Waals surface area contributed by atoms with E-state index in [1.165, 1.54) is 18.6 Å². The molecule has 3 heteroatoms. The Morgan fingerprint density at radius 1 is 1.54 bits per heavy atom. The third-order valence-electron chi connectivity index (χ3n) is 3.03. The highest BCUT2D eigenvalue weighted by molar-refractivity contribution is 5.88. The van der Waals surface area contributed by atoms with Gasteiger partial charge in [0.2, 0.25) is 0 Å². The third kappa shape index (κ3) is 2.44. The van der Waals surface area contributed by atoms with E-state index >= 15 is 0 Å². The molecule has 0 spiro atoms. The van der Waals surface area contributed by atoms with Gasteiger partial charge in [-0.3, -0.25) is 4.90 Å². The molecule has 0 amide bonds. The monoisotopic (exact) mass is 181 g/mol. The standard InChI is InChI=1S/C10H19N3/c1-8-5-10(7-13(8)2)12-11-6-9-3-4-9/h8-9,11H,3-7H2,1-2H3/b12-10+. The number of rotatable bonds is 3. The van der Waals surface area contributed by atoms with Gasteiger partial charge in [-0.25, -0.2) is 0 Å². The van der Waals surface area contributed by atoms with E-state index in [1.54, 1.807) is 0 Å². The minimum absolute atomic E-state index is 0.668. The highest BCUT2D eigenvalue weighted by atomic mass is 15.3. The molecule has 2 rings (SSSR count). The molecule has 1 aliphatic carbocycles. The Kier molecular flexibility index (Phi) is 2.54. The molecule has 74 valence electrons. The molecule has 1 unspecified atom stereocenters. The van der Waals surface area contributed by atoms with E-state index in [1.807, 2.05) is 0 Å². The van der Waals surface area contributed by atoms with Gasteiger partial charge in [-0.15, -0.1) is 0 Å². The van der Waals surface area contributed by atoms with Gasteiger partial charge in [0.15, 0.2) is 0 Å². The second kappa shape index (κ2) is 3.66. The number of hydrogen-bond acceptors (Lipinski definition) is 3. The maximum Gasteiger partial charge on any atom is 0.0533 e. The molecular weight excluding hydrogens is 162 g/mol. The molecule has 0 aromatic carbocycles. The van der Waals surface area contributed by atoms with Crippen LogP contribution in [-0.4, -0.2) is 36.8 Å². The van der Waals surface area contributed by atoms with Gasteiger partial charge in [-0.1, -0.05) is 0 Å². The summed E-state index contributed by atoms with van der Waals surface area (Å²) in [6.45, 7) is 4.38. The predicted octanol–water partition coefficient (Wildman–Crippen LogP) is 1.07. The first-order valence-corrected chi connectivity index (χ1v) is 5.24. The highest BCUT2D eigenvalue weighted by Gasteiger charge is 2.23. The van der Waals surface area contributed by atoms with Crippen LogP contribution >= 0.6 is 0 Å². The molecule has 1 N–H and O–H groups in total. The molecule has 1 saturated carbocycles. The Labute approximate surface area is 80.2 Å². The van der Waals surface area contributed by atoms with E-state index < -0.39 is 0 Å². The molecule has 1 heterocycles. The molecule has 1 saturated heterocycles. The maximum absolute atomic E-state index is 4.43.